The number of para-hydroxylation sites is 1. The molecule has 1 aromatic carbocycles. The number of esters is 1. The number of nitrogens with zero attached hydrogens (tertiary/aromatic N) is 1. The van der Waals surface area contributed by atoms with E-state index in [1.807, 2.05) is 25.1 Å². The monoisotopic (exact) mass is 376 g/mol. The number of carboxylic acid groups (broad SMARTS) is 1. The molecule has 0 aromatic heterocycles. The molecule has 2 N–H and O–H groups in total. The lowest BCUT2D eigenvalue weighted by Gasteiger charge is -2.41. The summed E-state index contributed by atoms with van der Waals surface area (Å²) in [6, 6.07) is 7.22. The average Bonchev–Trinajstić information content (AvgIpc) is 2.68. The van der Waals surface area contributed by atoms with Crippen LogP contribution in [0.5, 0.6) is 0 Å². The zero-order chi connectivity index (χ0) is 19.9. The van der Waals surface area contributed by atoms with Crippen LogP contribution < -0.4 is 5.32 Å². The molecule has 27 heavy (non-hydrogen) atoms. The Kier molecular flexibility index (Phi) is 7.36. The third-order valence-corrected chi connectivity index (χ3v) is 5.07. The van der Waals surface area contributed by atoms with E-state index in [-0.39, 0.29) is 18.2 Å². The van der Waals surface area contributed by atoms with Gasteiger partial charge in [-0.05, 0) is 37.9 Å². The Morgan fingerprint density at radius 1 is 1.22 bits per heavy atom. The Morgan fingerprint density at radius 2 is 1.89 bits per heavy atom. The molecule has 0 spiro atoms. The van der Waals surface area contributed by atoms with Crippen molar-refractivity contribution in [2.45, 2.75) is 44.6 Å². The fourth-order valence-electron chi connectivity index (χ4n) is 3.47. The van der Waals surface area contributed by atoms with E-state index in [4.69, 9.17) is 9.84 Å². The second kappa shape index (κ2) is 9.50. The number of ether oxygens (including phenoxy) is 1. The van der Waals surface area contributed by atoms with Crippen LogP contribution in [-0.2, 0) is 14.3 Å². The molecule has 0 amide bonds. The SMILES string of the molecule is CCC(=O)c1ccccc1NC1(C(=O)OC)CCN(CCCC(=O)O)CC1. The fourth-order valence-corrected chi connectivity index (χ4v) is 3.47. The van der Waals surface area contributed by atoms with Crippen molar-refractivity contribution in [3.63, 3.8) is 0 Å². The van der Waals surface area contributed by atoms with E-state index in [0.717, 1.165) is 0 Å². The predicted octanol–water partition coefficient (Wildman–Crippen LogP) is 2.56. The second-order valence-electron chi connectivity index (χ2n) is 6.86. The number of Topliss-reactive ketones (excluding diaryl/α,β-unsaturated/α-hetero) is 1. The minimum absolute atomic E-state index is 0.0178. The Morgan fingerprint density at radius 3 is 2.48 bits per heavy atom. The van der Waals surface area contributed by atoms with Crippen LogP contribution >= 0.6 is 0 Å². The third kappa shape index (κ3) is 5.29. The van der Waals surface area contributed by atoms with Crippen molar-refractivity contribution in [1.29, 1.82) is 0 Å². The summed E-state index contributed by atoms with van der Waals surface area (Å²) in [5.41, 5.74) is 0.337. The van der Waals surface area contributed by atoms with Gasteiger partial charge in [-0.2, -0.15) is 0 Å². The van der Waals surface area contributed by atoms with Crippen LogP contribution in [-0.4, -0.2) is 60.0 Å². The number of carbonyl (C=O) groups excluding carboxylic acids is 2. The van der Waals surface area contributed by atoms with Crippen molar-refractivity contribution in [3.8, 4) is 0 Å². The molecule has 1 aliphatic heterocycles. The molecule has 1 fully saturated rings. The van der Waals surface area contributed by atoms with Gasteiger partial charge >= 0.3 is 11.9 Å². The number of anilines is 1. The minimum atomic E-state index is -0.887. The number of ketones is 1. The van der Waals surface area contributed by atoms with Crippen LogP contribution in [0.15, 0.2) is 24.3 Å². The number of rotatable bonds is 9. The molecule has 0 unspecified atom stereocenters. The normalized spacial score (nSPS) is 16.5. The zero-order valence-corrected chi connectivity index (χ0v) is 16.0. The highest BCUT2D eigenvalue weighted by atomic mass is 16.5. The van der Waals surface area contributed by atoms with E-state index in [1.54, 1.807) is 6.07 Å². The molecule has 1 aromatic rings. The number of nitrogens with one attached hydrogen (secondary N) is 1. The van der Waals surface area contributed by atoms with Crippen molar-refractivity contribution >= 4 is 23.4 Å². The van der Waals surface area contributed by atoms with Gasteiger partial charge < -0.3 is 20.1 Å². The highest BCUT2D eigenvalue weighted by molar-refractivity contribution is 6.01. The molecule has 1 aliphatic rings. The highest BCUT2D eigenvalue weighted by Crippen LogP contribution is 2.30. The summed E-state index contributed by atoms with van der Waals surface area (Å²) in [5, 5.41) is 12.1. The number of methoxy groups -OCH3 is 1. The van der Waals surface area contributed by atoms with Gasteiger partial charge in [0.25, 0.3) is 0 Å². The summed E-state index contributed by atoms with van der Waals surface area (Å²) in [7, 11) is 1.37. The summed E-state index contributed by atoms with van der Waals surface area (Å²) in [6.45, 7) is 3.82. The summed E-state index contributed by atoms with van der Waals surface area (Å²) in [6.07, 6.45) is 2.18. The van der Waals surface area contributed by atoms with E-state index in [2.05, 4.69) is 10.2 Å². The number of hydrogen-bond acceptors (Lipinski definition) is 6. The van der Waals surface area contributed by atoms with Crippen molar-refractivity contribution in [2.24, 2.45) is 0 Å². The van der Waals surface area contributed by atoms with Gasteiger partial charge in [0, 0.05) is 37.2 Å². The molecule has 7 heteroatoms. The number of likely N-dealkylation sites (tertiary alicyclic amines) is 1. The zero-order valence-electron chi connectivity index (χ0n) is 16.0. The van der Waals surface area contributed by atoms with Crippen LogP contribution in [0.3, 0.4) is 0 Å². The van der Waals surface area contributed by atoms with Gasteiger partial charge in [-0.3, -0.25) is 9.59 Å². The van der Waals surface area contributed by atoms with E-state index in [0.29, 0.717) is 56.6 Å². The summed E-state index contributed by atoms with van der Waals surface area (Å²) >= 11 is 0. The number of aliphatic carboxylic acids is 1. The average molecular weight is 376 g/mol. The second-order valence-corrected chi connectivity index (χ2v) is 6.86. The lowest BCUT2D eigenvalue weighted by Crippen LogP contribution is -2.55. The van der Waals surface area contributed by atoms with Crippen LogP contribution in [0, 0.1) is 0 Å². The molecule has 0 aliphatic carbocycles. The van der Waals surface area contributed by atoms with E-state index in [9.17, 15) is 14.4 Å². The summed E-state index contributed by atoms with van der Waals surface area (Å²) < 4.78 is 5.06. The first-order valence-corrected chi connectivity index (χ1v) is 9.35. The topological polar surface area (TPSA) is 95.9 Å². The Labute approximate surface area is 159 Å². The lowest BCUT2D eigenvalue weighted by atomic mass is 9.86. The smallest absolute Gasteiger partial charge is 0.331 e. The van der Waals surface area contributed by atoms with Crippen molar-refractivity contribution in [2.75, 3.05) is 32.1 Å². The van der Waals surface area contributed by atoms with Gasteiger partial charge in [-0.25, -0.2) is 4.79 Å². The van der Waals surface area contributed by atoms with Crippen LogP contribution in [0.25, 0.3) is 0 Å². The first-order valence-electron chi connectivity index (χ1n) is 9.35. The van der Waals surface area contributed by atoms with Crippen molar-refractivity contribution < 1.29 is 24.2 Å². The van der Waals surface area contributed by atoms with Crippen LogP contribution in [0.1, 0.15) is 49.4 Å². The van der Waals surface area contributed by atoms with Crippen LogP contribution in [0.4, 0.5) is 5.69 Å². The number of piperidine rings is 1. The quantitative estimate of drug-likeness (QED) is 0.505. The molecule has 1 saturated heterocycles. The molecular formula is C20H28N2O5. The molecule has 0 saturated carbocycles. The van der Waals surface area contributed by atoms with Crippen LogP contribution in [0.2, 0.25) is 0 Å². The Balaban J connectivity index is 2.12. The van der Waals surface area contributed by atoms with Gasteiger partial charge in [-0.1, -0.05) is 19.1 Å². The van der Waals surface area contributed by atoms with Gasteiger partial charge in [0.05, 0.1) is 7.11 Å². The third-order valence-electron chi connectivity index (χ3n) is 5.07. The number of benzene rings is 1. The maximum atomic E-state index is 12.6. The summed E-state index contributed by atoms with van der Waals surface area (Å²) in [4.78, 5) is 37.7. The van der Waals surface area contributed by atoms with E-state index in [1.165, 1.54) is 7.11 Å². The molecule has 2 rings (SSSR count). The molecule has 7 nitrogen and oxygen atoms in total. The van der Waals surface area contributed by atoms with Gasteiger partial charge in [0.15, 0.2) is 5.78 Å². The predicted molar refractivity (Wildman–Crippen MR) is 102 cm³/mol. The van der Waals surface area contributed by atoms with Gasteiger partial charge in [0.1, 0.15) is 5.54 Å². The first kappa shape index (κ1) is 20.9. The highest BCUT2D eigenvalue weighted by Gasteiger charge is 2.42. The molecular weight excluding hydrogens is 348 g/mol. The molecule has 0 atom stereocenters. The molecule has 0 bridgehead atoms. The molecule has 148 valence electrons. The molecule has 1 heterocycles. The fraction of sp³-hybridized carbons (Fsp3) is 0.550. The number of carboxylic acids is 1. The standard InChI is InChI=1S/C20H28N2O5/c1-3-17(23)15-7-4-5-8-16(15)21-20(19(26)27-2)10-13-22(14-11-20)12-6-9-18(24)25/h4-5,7-8,21H,3,6,9-14H2,1-2H3,(H,24,25). The minimum Gasteiger partial charge on any atom is -0.481 e. The lowest BCUT2D eigenvalue weighted by molar-refractivity contribution is -0.147. The molecule has 0 radical (unpaired) electrons. The van der Waals surface area contributed by atoms with Gasteiger partial charge in [0.2, 0.25) is 0 Å². The number of hydrogen-bond donors (Lipinski definition) is 2. The van der Waals surface area contributed by atoms with Crippen molar-refractivity contribution in [1.82, 2.24) is 4.90 Å². The van der Waals surface area contributed by atoms with Gasteiger partial charge in [-0.15, -0.1) is 0 Å². The first-order chi connectivity index (χ1) is 12.9. The largest absolute Gasteiger partial charge is 0.481 e. The Bertz CT molecular complexity index is 681. The van der Waals surface area contributed by atoms with E-state index >= 15 is 0 Å². The Hall–Kier alpha value is -2.41. The number of carbonyl (C=O) groups is 3. The summed E-state index contributed by atoms with van der Waals surface area (Å²) in [5.74, 6) is -1.12. The maximum absolute atomic E-state index is 12.6. The maximum Gasteiger partial charge on any atom is 0.331 e. The van der Waals surface area contributed by atoms with E-state index < -0.39 is 11.5 Å². The van der Waals surface area contributed by atoms with Crippen molar-refractivity contribution in [3.05, 3.63) is 29.8 Å².